The lowest BCUT2D eigenvalue weighted by molar-refractivity contribution is -0.121. The molecule has 3 aliphatic rings. The van der Waals surface area contributed by atoms with Crippen LogP contribution in [0, 0.1) is 0 Å². The van der Waals surface area contributed by atoms with Crippen LogP contribution in [0.5, 0.6) is 0 Å². The van der Waals surface area contributed by atoms with Crippen LogP contribution in [0.3, 0.4) is 0 Å². The Morgan fingerprint density at radius 1 is 1.19 bits per heavy atom. The number of carbonyl (C=O) groups is 1. The minimum atomic E-state index is 0. The fourth-order valence-electron chi connectivity index (χ4n) is 3.37. The van der Waals surface area contributed by atoms with Gasteiger partial charge in [0.2, 0.25) is 5.91 Å². The molecule has 2 heterocycles. The third-order valence-corrected chi connectivity index (χ3v) is 4.87. The van der Waals surface area contributed by atoms with Crippen LogP contribution >= 0.6 is 24.0 Å². The van der Waals surface area contributed by atoms with Crippen molar-refractivity contribution < 1.29 is 14.3 Å². The van der Waals surface area contributed by atoms with Crippen molar-refractivity contribution in [3.8, 4) is 0 Å². The molecule has 150 valence electrons. The SMILES string of the molecule is CCNC(=NCCCC(=O)NC1CC1)N1CCOC(C2CCCO2)C1.I. The minimum absolute atomic E-state index is 0. The molecular formula is C18H33IN4O3. The molecule has 2 unspecified atom stereocenters. The van der Waals surface area contributed by atoms with E-state index >= 15 is 0 Å². The van der Waals surface area contributed by atoms with Crippen molar-refractivity contribution in [2.45, 2.75) is 63.7 Å². The van der Waals surface area contributed by atoms with Gasteiger partial charge in [-0.05, 0) is 39.0 Å². The zero-order chi connectivity index (χ0) is 17.5. The molecule has 0 spiro atoms. The van der Waals surface area contributed by atoms with Crippen molar-refractivity contribution in [3.63, 3.8) is 0 Å². The van der Waals surface area contributed by atoms with Crippen LogP contribution in [0.4, 0.5) is 0 Å². The second kappa shape index (κ2) is 11.3. The molecule has 2 aliphatic heterocycles. The van der Waals surface area contributed by atoms with Crippen molar-refractivity contribution in [2.75, 3.05) is 39.4 Å². The third kappa shape index (κ3) is 6.84. The number of aliphatic imine (C=N–C) groups is 1. The first-order chi connectivity index (χ1) is 12.3. The summed E-state index contributed by atoms with van der Waals surface area (Å²) in [5, 5.41) is 6.40. The van der Waals surface area contributed by atoms with Crippen molar-refractivity contribution in [2.24, 2.45) is 4.99 Å². The zero-order valence-corrected chi connectivity index (χ0v) is 18.1. The van der Waals surface area contributed by atoms with E-state index in [0.29, 0.717) is 25.6 Å². The maximum atomic E-state index is 11.7. The van der Waals surface area contributed by atoms with E-state index in [9.17, 15) is 4.79 Å². The lowest BCUT2D eigenvalue weighted by atomic mass is 10.1. The number of amides is 1. The van der Waals surface area contributed by atoms with Crippen molar-refractivity contribution in [3.05, 3.63) is 0 Å². The summed E-state index contributed by atoms with van der Waals surface area (Å²) in [6, 6.07) is 0.441. The number of rotatable bonds is 7. The summed E-state index contributed by atoms with van der Waals surface area (Å²) in [6.45, 7) is 6.80. The van der Waals surface area contributed by atoms with Crippen LogP contribution < -0.4 is 10.6 Å². The summed E-state index contributed by atoms with van der Waals surface area (Å²) >= 11 is 0. The fourth-order valence-corrected chi connectivity index (χ4v) is 3.37. The Kier molecular flexibility index (Phi) is 9.41. The van der Waals surface area contributed by atoms with Crippen LogP contribution in [0.25, 0.3) is 0 Å². The van der Waals surface area contributed by atoms with Gasteiger partial charge in [-0.15, -0.1) is 24.0 Å². The molecule has 1 amide bonds. The van der Waals surface area contributed by atoms with E-state index in [1.54, 1.807) is 0 Å². The van der Waals surface area contributed by atoms with Crippen molar-refractivity contribution >= 4 is 35.8 Å². The van der Waals surface area contributed by atoms with Gasteiger partial charge in [-0.25, -0.2) is 0 Å². The molecule has 0 aromatic heterocycles. The molecule has 2 saturated heterocycles. The zero-order valence-electron chi connectivity index (χ0n) is 15.7. The van der Waals surface area contributed by atoms with E-state index in [1.165, 1.54) is 0 Å². The normalized spacial score (nSPS) is 26.3. The van der Waals surface area contributed by atoms with Gasteiger partial charge >= 0.3 is 0 Å². The Balaban J connectivity index is 0.00000243. The number of carbonyl (C=O) groups excluding carboxylic acids is 1. The number of ether oxygens (including phenoxy) is 2. The Hall–Kier alpha value is -0.610. The van der Waals surface area contributed by atoms with Gasteiger partial charge in [-0.1, -0.05) is 0 Å². The topological polar surface area (TPSA) is 75.2 Å². The number of morpholine rings is 1. The Morgan fingerprint density at radius 2 is 2.00 bits per heavy atom. The molecule has 3 rings (SSSR count). The molecule has 3 fully saturated rings. The highest BCUT2D eigenvalue weighted by Gasteiger charge is 2.32. The molecule has 8 heteroatoms. The van der Waals surface area contributed by atoms with Gasteiger partial charge in [0.05, 0.1) is 12.7 Å². The summed E-state index contributed by atoms with van der Waals surface area (Å²) in [6.07, 6.45) is 6.17. The quantitative estimate of drug-likeness (QED) is 0.250. The molecule has 0 bridgehead atoms. The molecule has 26 heavy (non-hydrogen) atoms. The van der Waals surface area contributed by atoms with Crippen LogP contribution in [0.1, 0.15) is 45.4 Å². The molecule has 1 aliphatic carbocycles. The third-order valence-electron chi connectivity index (χ3n) is 4.87. The highest BCUT2D eigenvalue weighted by molar-refractivity contribution is 14.0. The van der Waals surface area contributed by atoms with Crippen LogP contribution in [0.2, 0.25) is 0 Å². The van der Waals surface area contributed by atoms with E-state index in [-0.39, 0.29) is 42.1 Å². The predicted molar refractivity (Wildman–Crippen MR) is 112 cm³/mol. The van der Waals surface area contributed by atoms with Gasteiger partial charge in [-0.3, -0.25) is 9.79 Å². The number of halogens is 1. The number of guanidine groups is 1. The van der Waals surface area contributed by atoms with E-state index in [0.717, 1.165) is 64.3 Å². The van der Waals surface area contributed by atoms with E-state index in [4.69, 9.17) is 14.5 Å². The number of nitrogens with one attached hydrogen (secondary N) is 2. The molecule has 0 aromatic carbocycles. The van der Waals surface area contributed by atoms with Gasteiger partial charge in [0.25, 0.3) is 0 Å². The Labute approximate surface area is 173 Å². The summed E-state index contributed by atoms with van der Waals surface area (Å²) in [4.78, 5) is 18.7. The maximum absolute atomic E-state index is 11.7. The Bertz CT molecular complexity index is 467. The average Bonchev–Trinajstić information content (AvgIpc) is 3.26. The number of nitrogens with zero attached hydrogens (tertiary/aromatic N) is 2. The lowest BCUT2D eigenvalue weighted by Gasteiger charge is -2.37. The van der Waals surface area contributed by atoms with Crippen LogP contribution in [-0.2, 0) is 14.3 Å². The first kappa shape index (κ1) is 21.7. The summed E-state index contributed by atoms with van der Waals surface area (Å²) < 4.78 is 11.7. The van der Waals surface area contributed by atoms with Gasteiger partial charge in [0.1, 0.15) is 6.10 Å². The molecule has 7 nitrogen and oxygen atoms in total. The standard InChI is InChI=1S/C18H32N4O3.HI/c1-2-19-18(20-9-3-6-17(23)21-14-7-8-14)22-10-12-25-16(13-22)15-5-4-11-24-15;/h14-16H,2-13H2,1H3,(H,19,20)(H,21,23);1H. The van der Waals surface area contributed by atoms with Gasteiger partial charge < -0.3 is 25.0 Å². The first-order valence-electron chi connectivity index (χ1n) is 9.82. The molecule has 1 saturated carbocycles. The number of hydrogen-bond donors (Lipinski definition) is 2. The summed E-state index contributed by atoms with van der Waals surface area (Å²) in [5.41, 5.74) is 0. The fraction of sp³-hybridized carbons (Fsp3) is 0.889. The highest BCUT2D eigenvalue weighted by atomic mass is 127. The van der Waals surface area contributed by atoms with Crippen LogP contribution in [-0.4, -0.2) is 74.4 Å². The minimum Gasteiger partial charge on any atom is -0.375 e. The van der Waals surface area contributed by atoms with Crippen molar-refractivity contribution in [1.82, 2.24) is 15.5 Å². The first-order valence-corrected chi connectivity index (χ1v) is 9.82. The second-order valence-electron chi connectivity index (χ2n) is 7.09. The van der Waals surface area contributed by atoms with Gasteiger partial charge in [0.15, 0.2) is 5.96 Å². The van der Waals surface area contributed by atoms with Crippen molar-refractivity contribution in [1.29, 1.82) is 0 Å². The van der Waals surface area contributed by atoms with E-state index in [2.05, 4.69) is 22.5 Å². The maximum Gasteiger partial charge on any atom is 0.220 e. The second-order valence-corrected chi connectivity index (χ2v) is 7.09. The smallest absolute Gasteiger partial charge is 0.220 e. The molecule has 2 N–H and O–H groups in total. The van der Waals surface area contributed by atoms with Gasteiger partial charge in [-0.2, -0.15) is 0 Å². The average molecular weight is 480 g/mol. The monoisotopic (exact) mass is 480 g/mol. The summed E-state index contributed by atoms with van der Waals surface area (Å²) in [7, 11) is 0. The Morgan fingerprint density at radius 3 is 2.69 bits per heavy atom. The largest absolute Gasteiger partial charge is 0.375 e. The van der Waals surface area contributed by atoms with E-state index < -0.39 is 0 Å². The van der Waals surface area contributed by atoms with Crippen LogP contribution in [0.15, 0.2) is 4.99 Å². The number of hydrogen-bond acceptors (Lipinski definition) is 4. The molecule has 2 atom stereocenters. The molecule has 0 aromatic rings. The lowest BCUT2D eigenvalue weighted by Crippen LogP contribution is -2.53. The van der Waals surface area contributed by atoms with Gasteiger partial charge in [0, 0.05) is 45.2 Å². The van der Waals surface area contributed by atoms with E-state index in [1.807, 2.05) is 0 Å². The molecular weight excluding hydrogens is 447 g/mol. The summed E-state index contributed by atoms with van der Waals surface area (Å²) in [5.74, 6) is 1.09. The molecule has 0 radical (unpaired) electrons. The predicted octanol–water partition coefficient (Wildman–Crippen LogP) is 1.51. The highest BCUT2D eigenvalue weighted by Crippen LogP contribution is 2.21.